The number of nitrogens with one attached hydrogen (secondary N) is 2. The molecule has 0 fully saturated rings. The van der Waals surface area contributed by atoms with Gasteiger partial charge in [0.1, 0.15) is 0 Å². The van der Waals surface area contributed by atoms with Crippen molar-refractivity contribution < 1.29 is 9.59 Å². The van der Waals surface area contributed by atoms with Crippen molar-refractivity contribution in [2.24, 2.45) is 5.10 Å². The Labute approximate surface area is 151 Å². The number of hydrazone groups is 1. The molecule has 0 bridgehead atoms. The maximum atomic E-state index is 11.8. The molecule has 7 heteroatoms. The molecular weight excluding hydrogens is 340 g/mol. The molecule has 0 unspecified atom stereocenters. The van der Waals surface area contributed by atoms with Crippen LogP contribution < -0.4 is 15.6 Å². The monoisotopic (exact) mass is 358 g/mol. The number of carbonyl (C=O) groups excluding carboxylic acids is 2. The summed E-state index contributed by atoms with van der Waals surface area (Å²) in [4.78, 5) is 25.6. The van der Waals surface area contributed by atoms with Crippen LogP contribution in [0.2, 0.25) is 5.02 Å². The first kappa shape index (κ1) is 18.5. The van der Waals surface area contributed by atoms with Gasteiger partial charge in [0, 0.05) is 30.5 Å². The first-order chi connectivity index (χ1) is 11.9. The molecule has 0 saturated carbocycles. The lowest BCUT2D eigenvalue weighted by Gasteiger charge is -2.11. The molecule has 0 aliphatic rings. The normalized spacial score (nSPS) is 10.6. The number of benzene rings is 2. The first-order valence-corrected chi connectivity index (χ1v) is 7.92. The van der Waals surface area contributed by atoms with Crippen LogP contribution in [-0.2, 0) is 9.59 Å². The van der Waals surface area contributed by atoms with Crippen LogP contribution in [0, 0.1) is 6.92 Å². The number of hydrogen-bond donors (Lipinski definition) is 2. The molecule has 2 aromatic rings. The number of halogens is 1. The molecule has 2 rings (SSSR count). The molecule has 0 spiro atoms. The van der Waals surface area contributed by atoms with E-state index < -0.39 is 11.8 Å². The minimum Gasteiger partial charge on any atom is -0.378 e. The van der Waals surface area contributed by atoms with Gasteiger partial charge in [-0.25, -0.2) is 5.43 Å². The minimum atomic E-state index is -0.863. The van der Waals surface area contributed by atoms with Crippen molar-refractivity contribution in [1.82, 2.24) is 5.43 Å². The fourth-order valence-corrected chi connectivity index (χ4v) is 2.11. The van der Waals surface area contributed by atoms with E-state index in [1.54, 1.807) is 18.2 Å². The van der Waals surface area contributed by atoms with E-state index in [4.69, 9.17) is 11.6 Å². The van der Waals surface area contributed by atoms with Crippen molar-refractivity contribution in [2.75, 3.05) is 24.3 Å². The van der Waals surface area contributed by atoms with Crippen LogP contribution in [0.25, 0.3) is 0 Å². The van der Waals surface area contributed by atoms with Gasteiger partial charge < -0.3 is 10.2 Å². The average Bonchev–Trinajstić information content (AvgIpc) is 2.58. The van der Waals surface area contributed by atoms with Gasteiger partial charge in [-0.15, -0.1) is 0 Å². The van der Waals surface area contributed by atoms with Gasteiger partial charge in [-0.2, -0.15) is 5.10 Å². The summed E-state index contributed by atoms with van der Waals surface area (Å²) in [6.45, 7) is 1.85. The predicted octanol–water partition coefficient (Wildman–Crippen LogP) is 2.80. The molecule has 0 aromatic heterocycles. The summed E-state index contributed by atoms with van der Waals surface area (Å²) in [5, 5.41) is 6.76. The number of amides is 2. The highest BCUT2D eigenvalue weighted by Crippen LogP contribution is 2.19. The molecule has 0 heterocycles. The van der Waals surface area contributed by atoms with Crippen LogP contribution in [0.15, 0.2) is 47.6 Å². The SMILES string of the molecule is Cc1ccc(NC(=O)C(=O)N/N=C/c2ccc(N(C)C)cc2)cc1Cl. The smallest absolute Gasteiger partial charge is 0.329 e. The van der Waals surface area contributed by atoms with E-state index in [0.29, 0.717) is 10.7 Å². The molecule has 0 radical (unpaired) electrons. The largest absolute Gasteiger partial charge is 0.378 e. The number of hydrogen-bond acceptors (Lipinski definition) is 4. The fourth-order valence-electron chi connectivity index (χ4n) is 1.93. The molecule has 25 heavy (non-hydrogen) atoms. The second-order valence-corrected chi connectivity index (χ2v) is 6.01. The second kappa shape index (κ2) is 8.30. The Morgan fingerprint density at radius 1 is 1.08 bits per heavy atom. The quantitative estimate of drug-likeness (QED) is 0.501. The lowest BCUT2D eigenvalue weighted by Crippen LogP contribution is -2.32. The van der Waals surface area contributed by atoms with Crippen LogP contribution in [0.3, 0.4) is 0 Å². The third kappa shape index (κ3) is 5.32. The van der Waals surface area contributed by atoms with E-state index in [-0.39, 0.29) is 0 Å². The summed E-state index contributed by atoms with van der Waals surface area (Å²) in [5.74, 6) is -1.68. The average molecular weight is 359 g/mol. The Morgan fingerprint density at radius 2 is 1.76 bits per heavy atom. The highest BCUT2D eigenvalue weighted by molar-refractivity contribution is 6.39. The van der Waals surface area contributed by atoms with Crippen molar-refractivity contribution in [3.63, 3.8) is 0 Å². The fraction of sp³-hybridized carbons (Fsp3) is 0.167. The van der Waals surface area contributed by atoms with Crippen LogP contribution in [0.1, 0.15) is 11.1 Å². The van der Waals surface area contributed by atoms with Gasteiger partial charge in [0.2, 0.25) is 0 Å². The van der Waals surface area contributed by atoms with Crippen molar-refractivity contribution >= 4 is 41.0 Å². The van der Waals surface area contributed by atoms with E-state index in [9.17, 15) is 9.59 Å². The molecule has 0 aliphatic heterocycles. The lowest BCUT2D eigenvalue weighted by molar-refractivity contribution is -0.136. The Morgan fingerprint density at radius 3 is 2.36 bits per heavy atom. The van der Waals surface area contributed by atoms with Crippen LogP contribution in [0.4, 0.5) is 11.4 Å². The van der Waals surface area contributed by atoms with E-state index in [0.717, 1.165) is 16.8 Å². The molecular formula is C18H19ClN4O2. The van der Waals surface area contributed by atoms with Gasteiger partial charge in [0.15, 0.2) is 0 Å². The zero-order chi connectivity index (χ0) is 18.4. The Hall–Kier alpha value is -2.86. The molecule has 2 aromatic carbocycles. The number of anilines is 2. The summed E-state index contributed by atoms with van der Waals surface area (Å²) >= 11 is 5.98. The van der Waals surface area contributed by atoms with Crippen molar-refractivity contribution in [2.45, 2.75) is 6.92 Å². The predicted molar refractivity (Wildman–Crippen MR) is 101 cm³/mol. The summed E-state index contributed by atoms with van der Waals surface area (Å²) < 4.78 is 0. The number of carbonyl (C=O) groups is 2. The molecule has 130 valence electrons. The number of nitrogens with zero attached hydrogens (tertiary/aromatic N) is 2. The van der Waals surface area contributed by atoms with E-state index in [1.165, 1.54) is 6.21 Å². The third-order valence-corrected chi connectivity index (χ3v) is 3.83. The van der Waals surface area contributed by atoms with Crippen LogP contribution in [0.5, 0.6) is 0 Å². The first-order valence-electron chi connectivity index (χ1n) is 7.55. The number of aryl methyl sites for hydroxylation is 1. The molecule has 0 atom stereocenters. The summed E-state index contributed by atoms with van der Waals surface area (Å²) in [6.07, 6.45) is 1.47. The van der Waals surface area contributed by atoms with Gasteiger partial charge in [0.05, 0.1) is 6.21 Å². The van der Waals surface area contributed by atoms with Crippen molar-refractivity contribution in [3.05, 3.63) is 58.6 Å². The zero-order valence-corrected chi connectivity index (χ0v) is 15.0. The Balaban J connectivity index is 1.90. The van der Waals surface area contributed by atoms with Gasteiger partial charge >= 0.3 is 11.8 Å². The molecule has 2 amide bonds. The van der Waals surface area contributed by atoms with E-state index >= 15 is 0 Å². The Kier molecular flexibility index (Phi) is 6.14. The third-order valence-electron chi connectivity index (χ3n) is 3.43. The van der Waals surface area contributed by atoms with Gasteiger partial charge in [0.25, 0.3) is 0 Å². The molecule has 0 saturated heterocycles. The van der Waals surface area contributed by atoms with Crippen molar-refractivity contribution in [1.29, 1.82) is 0 Å². The van der Waals surface area contributed by atoms with E-state index in [2.05, 4.69) is 15.8 Å². The maximum Gasteiger partial charge on any atom is 0.329 e. The highest BCUT2D eigenvalue weighted by atomic mass is 35.5. The summed E-state index contributed by atoms with van der Waals surface area (Å²) in [5.41, 5.74) is 5.37. The summed E-state index contributed by atoms with van der Waals surface area (Å²) in [7, 11) is 3.90. The van der Waals surface area contributed by atoms with Gasteiger partial charge in [-0.05, 0) is 42.3 Å². The Bertz CT molecular complexity index is 801. The minimum absolute atomic E-state index is 0.444. The molecule has 2 N–H and O–H groups in total. The molecule has 6 nitrogen and oxygen atoms in total. The van der Waals surface area contributed by atoms with Crippen LogP contribution in [-0.4, -0.2) is 32.1 Å². The molecule has 0 aliphatic carbocycles. The number of rotatable bonds is 4. The maximum absolute atomic E-state index is 11.8. The van der Waals surface area contributed by atoms with Gasteiger partial charge in [-0.3, -0.25) is 9.59 Å². The standard InChI is InChI=1S/C18H19ClN4O2/c1-12-4-7-14(10-16(12)19)21-17(24)18(25)22-20-11-13-5-8-15(9-6-13)23(2)3/h4-11H,1-3H3,(H,21,24)(H,22,25)/b20-11+. The topological polar surface area (TPSA) is 73.8 Å². The zero-order valence-electron chi connectivity index (χ0n) is 14.2. The second-order valence-electron chi connectivity index (χ2n) is 5.60. The van der Waals surface area contributed by atoms with Crippen molar-refractivity contribution in [3.8, 4) is 0 Å². The van der Waals surface area contributed by atoms with E-state index in [1.807, 2.05) is 50.2 Å². The highest BCUT2D eigenvalue weighted by Gasteiger charge is 2.13. The van der Waals surface area contributed by atoms with Crippen LogP contribution >= 0.6 is 11.6 Å². The lowest BCUT2D eigenvalue weighted by atomic mass is 10.2. The van der Waals surface area contributed by atoms with Gasteiger partial charge in [-0.1, -0.05) is 29.8 Å². The summed E-state index contributed by atoms with van der Waals surface area (Å²) in [6, 6.07) is 12.6.